The minimum Gasteiger partial charge on any atom is -0.493 e. The Hall–Kier alpha value is -2.04. The Kier molecular flexibility index (Phi) is 10.9. The number of benzene rings is 2. The van der Waals surface area contributed by atoms with Gasteiger partial charge in [0, 0.05) is 45.0 Å². The number of nitrogens with zero attached hydrogens (tertiary/aromatic N) is 2. The molecule has 0 aliphatic carbocycles. The van der Waals surface area contributed by atoms with Gasteiger partial charge in [0.05, 0.1) is 26.9 Å². The average Bonchev–Trinajstić information content (AvgIpc) is 2.79. The summed E-state index contributed by atoms with van der Waals surface area (Å²) in [5.41, 5.74) is 3.46. The molecule has 2 aromatic carbocycles. The lowest BCUT2D eigenvalue weighted by Crippen LogP contribution is -2.36. The van der Waals surface area contributed by atoms with Crippen LogP contribution < -0.4 is 20.1 Å². The second-order valence-corrected chi connectivity index (χ2v) is 7.01. The first-order chi connectivity index (χ1) is 14.7. The molecule has 3 rings (SSSR count). The molecule has 7 nitrogen and oxygen atoms in total. The second-order valence-electron chi connectivity index (χ2n) is 7.01. The predicted molar refractivity (Wildman–Crippen MR) is 136 cm³/mol. The summed E-state index contributed by atoms with van der Waals surface area (Å²) in [5.74, 6) is 2.11. The molecule has 1 aliphatic rings. The van der Waals surface area contributed by atoms with Crippen LogP contribution in [-0.2, 0) is 17.8 Å². The molecule has 8 heteroatoms. The minimum atomic E-state index is 0. The number of ether oxygens (including phenoxy) is 3. The lowest BCUT2D eigenvalue weighted by molar-refractivity contribution is 0.0341. The average molecular weight is 540 g/mol. The summed E-state index contributed by atoms with van der Waals surface area (Å²) < 4.78 is 16.5. The first-order valence-electron chi connectivity index (χ1n) is 10.4. The highest BCUT2D eigenvalue weighted by atomic mass is 127. The first kappa shape index (κ1) is 25.2. The molecule has 1 saturated heterocycles. The van der Waals surface area contributed by atoms with Gasteiger partial charge in [0.15, 0.2) is 17.5 Å². The maximum Gasteiger partial charge on any atom is 0.195 e. The molecule has 0 spiro atoms. The SMILES string of the molecule is CCOc1ccc(NC(=NC)NCc2ccccc2CN2CCOCC2)cc1OC.I. The van der Waals surface area contributed by atoms with Crippen LogP contribution in [0.3, 0.4) is 0 Å². The number of methoxy groups -OCH3 is 1. The number of morpholine rings is 1. The molecule has 170 valence electrons. The van der Waals surface area contributed by atoms with Crippen LogP contribution in [0.1, 0.15) is 18.1 Å². The molecule has 2 N–H and O–H groups in total. The van der Waals surface area contributed by atoms with Gasteiger partial charge in [-0.2, -0.15) is 0 Å². The molecule has 2 aromatic rings. The Morgan fingerprint density at radius 2 is 1.84 bits per heavy atom. The van der Waals surface area contributed by atoms with Crippen molar-refractivity contribution in [2.75, 3.05) is 52.4 Å². The maximum atomic E-state index is 5.58. The van der Waals surface area contributed by atoms with Crippen LogP contribution >= 0.6 is 24.0 Å². The van der Waals surface area contributed by atoms with E-state index in [0.29, 0.717) is 24.9 Å². The third kappa shape index (κ3) is 7.55. The molecule has 0 radical (unpaired) electrons. The monoisotopic (exact) mass is 540 g/mol. The smallest absolute Gasteiger partial charge is 0.195 e. The largest absolute Gasteiger partial charge is 0.493 e. The molecule has 0 atom stereocenters. The zero-order valence-corrected chi connectivity index (χ0v) is 20.8. The van der Waals surface area contributed by atoms with Crippen LogP contribution in [0.5, 0.6) is 11.5 Å². The lowest BCUT2D eigenvalue weighted by Gasteiger charge is -2.27. The normalized spacial score (nSPS) is 14.5. The number of hydrogen-bond acceptors (Lipinski definition) is 5. The van der Waals surface area contributed by atoms with Crippen molar-refractivity contribution < 1.29 is 14.2 Å². The molecular weight excluding hydrogens is 507 g/mol. The number of nitrogens with one attached hydrogen (secondary N) is 2. The van der Waals surface area contributed by atoms with Crippen LogP contribution in [0, 0.1) is 0 Å². The zero-order chi connectivity index (χ0) is 21.2. The van der Waals surface area contributed by atoms with E-state index in [0.717, 1.165) is 44.3 Å². The van der Waals surface area contributed by atoms with E-state index < -0.39 is 0 Å². The number of hydrogen-bond donors (Lipinski definition) is 2. The molecule has 1 aliphatic heterocycles. The number of halogens is 1. The molecule has 0 aromatic heterocycles. The Bertz CT molecular complexity index is 841. The third-order valence-corrected chi connectivity index (χ3v) is 5.01. The van der Waals surface area contributed by atoms with E-state index in [4.69, 9.17) is 14.2 Å². The van der Waals surface area contributed by atoms with E-state index >= 15 is 0 Å². The highest BCUT2D eigenvalue weighted by molar-refractivity contribution is 14.0. The summed E-state index contributed by atoms with van der Waals surface area (Å²) in [6.45, 7) is 7.74. The molecule has 1 fully saturated rings. The lowest BCUT2D eigenvalue weighted by atomic mass is 10.1. The Balaban J connectivity index is 0.00000341. The van der Waals surface area contributed by atoms with E-state index in [9.17, 15) is 0 Å². The standard InChI is InChI=1S/C23H32N4O3.HI/c1-4-30-21-10-9-20(15-22(21)28-3)26-23(24-2)25-16-18-7-5-6-8-19(18)17-27-11-13-29-14-12-27;/h5-10,15H,4,11-14,16-17H2,1-3H3,(H2,24,25,26);1H. The highest BCUT2D eigenvalue weighted by Gasteiger charge is 2.13. The fourth-order valence-corrected chi connectivity index (χ4v) is 3.40. The Labute approximate surface area is 202 Å². The molecule has 1 heterocycles. The van der Waals surface area contributed by atoms with Crippen LogP contribution in [0.15, 0.2) is 47.5 Å². The van der Waals surface area contributed by atoms with Crippen molar-refractivity contribution in [3.63, 3.8) is 0 Å². The van der Waals surface area contributed by atoms with Gasteiger partial charge in [-0.25, -0.2) is 0 Å². The maximum absolute atomic E-state index is 5.58. The highest BCUT2D eigenvalue weighted by Crippen LogP contribution is 2.30. The summed E-state index contributed by atoms with van der Waals surface area (Å²) >= 11 is 0. The quantitative estimate of drug-likeness (QED) is 0.302. The van der Waals surface area contributed by atoms with Gasteiger partial charge < -0.3 is 24.8 Å². The van der Waals surface area contributed by atoms with Gasteiger partial charge in [0.1, 0.15) is 0 Å². The van der Waals surface area contributed by atoms with Gasteiger partial charge >= 0.3 is 0 Å². The fourth-order valence-electron chi connectivity index (χ4n) is 3.40. The van der Waals surface area contributed by atoms with E-state index in [1.54, 1.807) is 14.2 Å². The van der Waals surface area contributed by atoms with E-state index in [2.05, 4.69) is 44.8 Å². The molecule has 31 heavy (non-hydrogen) atoms. The molecular formula is C23H33IN4O3. The number of aliphatic imine (C=N–C) groups is 1. The Morgan fingerprint density at radius 3 is 2.52 bits per heavy atom. The van der Waals surface area contributed by atoms with Gasteiger partial charge in [-0.15, -0.1) is 24.0 Å². The van der Waals surface area contributed by atoms with E-state index in [-0.39, 0.29) is 24.0 Å². The van der Waals surface area contributed by atoms with Crippen molar-refractivity contribution >= 4 is 35.6 Å². The molecule has 0 bridgehead atoms. The molecule has 0 amide bonds. The summed E-state index contributed by atoms with van der Waals surface area (Å²) in [5, 5.41) is 6.73. The summed E-state index contributed by atoms with van der Waals surface area (Å²) in [7, 11) is 3.40. The number of rotatable bonds is 8. The topological polar surface area (TPSA) is 67.4 Å². The van der Waals surface area contributed by atoms with Gasteiger partial charge in [0.25, 0.3) is 0 Å². The van der Waals surface area contributed by atoms with Gasteiger partial charge in [-0.3, -0.25) is 9.89 Å². The van der Waals surface area contributed by atoms with Gasteiger partial charge in [-0.05, 0) is 30.2 Å². The number of guanidine groups is 1. The summed E-state index contributed by atoms with van der Waals surface area (Å²) in [6.07, 6.45) is 0. The van der Waals surface area contributed by atoms with Crippen molar-refractivity contribution in [3.8, 4) is 11.5 Å². The van der Waals surface area contributed by atoms with Crippen molar-refractivity contribution in [1.82, 2.24) is 10.2 Å². The van der Waals surface area contributed by atoms with Crippen molar-refractivity contribution in [2.24, 2.45) is 4.99 Å². The first-order valence-corrected chi connectivity index (χ1v) is 10.4. The fraction of sp³-hybridized carbons (Fsp3) is 0.435. The van der Waals surface area contributed by atoms with Crippen LogP contribution in [-0.4, -0.2) is 57.9 Å². The van der Waals surface area contributed by atoms with E-state index in [1.807, 2.05) is 25.1 Å². The molecule has 0 unspecified atom stereocenters. The second kappa shape index (κ2) is 13.4. The van der Waals surface area contributed by atoms with E-state index in [1.165, 1.54) is 11.1 Å². The van der Waals surface area contributed by atoms with Crippen molar-refractivity contribution in [1.29, 1.82) is 0 Å². The van der Waals surface area contributed by atoms with Crippen LogP contribution in [0.2, 0.25) is 0 Å². The summed E-state index contributed by atoms with van der Waals surface area (Å²) in [4.78, 5) is 6.79. The van der Waals surface area contributed by atoms with Crippen LogP contribution in [0.4, 0.5) is 5.69 Å². The zero-order valence-electron chi connectivity index (χ0n) is 18.5. The van der Waals surface area contributed by atoms with Gasteiger partial charge in [0.2, 0.25) is 0 Å². The Morgan fingerprint density at radius 1 is 1.10 bits per heavy atom. The van der Waals surface area contributed by atoms with Gasteiger partial charge in [-0.1, -0.05) is 24.3 Å². The third-order valence-electron chi connectivity index (χ3n) is 5.01. The van der Waals surface area contributed by atoms with Crippen molar-refractivity contribution in [2.45, 2.75) is 20.0 Å². The molecule has 0 saturated carbocycles. The minimum absolute atomic E-state index is 0. The summed E-state index contributed by atoms with van der Waals surface area (Å²) in [6, 6.07) is 14.3. The number of anilines is 1. The van der Waals surface area contributed by atoms with Crippen molar-refractivity contribution in [3.05, 3.63) is 53.6 Å². The van der Waals surface area contributed by atoms with Crippen LogP contribution in [0.25, 0.3) is 0 Å². The predicted octanol–water partition coefficient (Wildman–Crippen LogP) is 3.73.